The van der Waals surface area contributed by atoms with Crippen LogP contribution in [0.25, 0.3) is 11.1 Å². The quantitative estimate of drug-likeness (QED) is 0.691. The number of alkyl carbamates (subject to hydrolysis) is 1. The fourth-order valence-electron chi connectivity index (χ4n) is 4.87. The molecule has 34 heavy (non-hydrogen) atoms. The third kappa shape index (κ3) is 5.36. The van der Waals surface area contributed by atoms with E-state index in [0.717, 1.165) is 11.1 Å². The second-order valence-electron chi connectivity index (χ2n) is 10.1. The highest BCUT2D eigenvalue weighted by atomic mass is 16.6. The number of amides is 2. The van der Waals surface area contributed by atoms with Crippen LogP contribution in [0.5, 0.6) is 0 Å². The molecule has 2 atom stereocenters. The van der Waals surface area contributed by atoms with Crippen LogP contribution < -0.4 is 5.32 Å². The lowest BCUT2D eigenvalue weighted by Crippen LogP contribution is -2.42. The molecule has 1 aliphatic carbocycles. The van der Waals surface area contributed by atoms with Crippen LogP contribution in [0.15, 0.2) is 48.5 Å². The summed E-state index contributed by atoms with van der Waals surface area (Å²) in [5, 5.41) is 12.8. The maximum Gasteiger partial charge on any atom is 0.410 e. The average Bonchev–Trinajstić information content (AvgIpc) is 2.96. The molecule has 0 bridgehead atoms. The lowest BCUT2D eigenvalue weighted by atomic mass is 9.96. The fraction of sp³-hybridized carbons (Fsp3) is 0.481. The van der Waals surface area contributed by atoms with Crippen molar-refractivity contribution in [2.24, 2.45) is 5.92 Å². The molecule has 0 spiro atoms. The van der Waals surface area contributed by atoms with Crippen molar-refractivity contribution in [3.63, 3.8) is 0 Å². The van der Waals surface area contributed by atoms with E-state index in [1.165, 1.54) is 11.1 Å². The number of nitrogens with zero attached hydrogens (tertiary/aromatic N) is 1. The highest BCUT2D eigenvalue weighted by Crippen LogP contribution is 2.44. The topological polar surface area (TPSA) is 88.1 Å². The van der Waals surface area contributed by atoms with Crippen molar-refractivity contribution in [3.8, 4) is 11.1 Å². The number of likely N-dealkylation sites (tertiary alicyclic amines) is 1. The van der Waals surface area contributed by atoms with Gasteiger partial charge in [0.2, 0.25) is 0 Å². The molecule has 2 N–H and O–H groups in total. The fourth-order valence-corrected chi connectivity index (χ4v) is 4.87. The van der Waals surface area contributed by atoms with Crippen molar-refractivity contribution in [2.45, 2.75) is 51.2 Å². The van der Waals surface area contributed by atoms with Gasteiger partial charge in [0.1, 0.15) is 12.2 Å². The van der Waals surface area contributed by atoms with Crippen molar-refractivity contribution in [3.05, 3.63) is 59.7 Å². The van der Waals surface area contributed by atoms with Gasteiger partial charge in [-0.15, -0.1) is 0 Å². The Morgan fingerprint density at radius 3 is 2.18 bits per heavy atom. The molecule has 182 valence electrons. The number of nitrogens with one attached hydrogen (secondary N) is 1. The molecule has 1 heterocycles. The van der Waals surface area contributed by atoms with E-state index in [4.69, 9.17) is 9.47 Å². The van der Waals surface area contributed by atoms with Crippen molar-refractivity contribution in [1.82, 2.24) is 10.2 Å². The van der Waals surface area contributed by atoms with Crippen LogP contribution in [0.2, 0.25) is 0 Å². The molecule has 2 aromatic carbocycles. The number of ether oxygens (including phenoxy) is 2. The molecule has 2 unspecified atom stereocenters. The number of rotatable bonds is 4. The molecule has 1 aliphatic heterocycles. The Morgan fingerprint density at radius 2 is 1.59 bits per heavy atom. The van der Waals surface area contributed by atoms with Crippen molar-refractivity contribution in [1.29, 1.82) is 0 Å². The zero-order valence-corrected chi connectivity index (χ0v) is 20.1. The number of carbonyl (C=O) groups is 2. The molecule has 1 fully saturated rings. The Labute approximate surface area is 201 Å². The van der Waals surface area contributed by atoms with Gasteiger partial charge in [0, 0.05) is 37.6 Å². The van der Waals surface area contributed by atoms with E-state index in [-0.39, 0.29) is 37.2 Å². The minimum Gasteiger partial charge on any atom is -0.449 e. The van der Waals surface area contributed by atoms with Gasteiger partial charge < -0.3 is 24.8 Å². The van der Waals surface area contributed by atoms with Gasteiger partial charge in [0.15, 0.2) is 0 Å². The molecule has 1 saturated heterocycles. The largest absolute Gasteiger partial charge is 0.449 e. The van der Waals surface area contributed by atoms with Crippen LogP contribution in [0.3, 0.4) is 0 Å². The highest BCUT2D eigenvalue weighted by molar-refractivity contribution is 5.79. The summed E-state index contributed by atoms with van der Waals surface area (Å²) in [6, 6.07) is 16.1. The van der Waals surface area contributed by atoms with Crippen molar-refractivity contribution in [2.75, 3.05) is 26.3 Å². The van der Waals surface area contributed by atoms with E-state index in [0.29, 0.717) is 25.9 Å². The van der Waals surface area contributed by atoms with Gasteiger partial charge in [-0.3, -0.25) is 0 Å². The normalized spacial score (nSPS) is 20.2. The first kappa shape index (κ1) is 24.1. The summed E-state index contributed by atoms with van der Waals surface area (Å²) in [4.78, 5) is 26.9. The van der Waals surface area contributed by atoms with Gasteiger partial charge in [-0.1, -0.05) is 48.5 Å². The smallest absolute Gasteiger partial charge is 0.410 e. The molecule has 7 nitrogen and oxygen atoms in total. The summed E-state index contributed by atoms with van der Waals surface area (Å²) in [5.41, 5.74) is 4.11. The lowest BCUT2D eigenvalue weighted by molar-refractivity contribution is 0.0253. The number of hydrogen-bond acceptors (Lipinski definition) is 5. The first-order chi connectivity index (χ1) is 16.3. The average molecular weight is 467 g/mol. The molecule has 4 rings (SSSR count). The SMILES string of the molecule is CC(C)(C)OC(=O)N1CCC(CO)C(NC(=O)OCC2c3ccccc3-c3ccccc32)CC1. The minimum absolute atomic E-state index is 0.0106. The van der Waals surface area contributed by atoms with Gasteiger partial charge in [-0.2, -0.15) is 0 Å². The third-order valence-electron chi connectivity index (χ3n) is 6.58. The highest BCUT2D eigenvalue weighted by Gasteiger charge is 2.32. The summed E-state index contributed by atoms with van der Waals surface area (Å²) in [5.74, 6) is -0.170. The Balaban J connectivity index is 1.37. The van der Waals surface area contributed by atoms with Crippen LogP contribution in [0.1, 0.15) is 50.7 Å². The van der Waals surface area contributed by atoms with Crippen molar-refractivity contribution < 1.29 is 24.2 Å². The van der Waals surface area contributed by atoms with Crippen LogP contribution in [0.4, 0.5) is 9.59 Å². The maximum atomic E-state index is 12.7. The second-order valence-corrected chi connectivity index (χ2v) is 10.1. The van der Waals surface area contributed by atoms with Crippen LogP contribution in [-0.2, 0) is 9.47 Å². The summed E-state index contributed by atoms with van der Waals surface area (Å²) in [7, 11) is 0. The number of carbonyl (C=O) groups excluding carboxylic acids is 2. The Hall–Kier alpha value is -3.06. The Morgan fingerprint density at radius 1 is 1.00 bits per heavy atom. The Kier molecular flexibility index (Phi) is 7.12. The van der Waals surface area contributed by atoms with Crippen LogP contribution in [0, 0.1) is 5.92 Å². The molecular weight excluding hydrogens is 432 g/mol. The molecule has 7 heteroatoms. The second kappa shape index (κ2) is 10.1. The van der Waals surface area contributed by atoms with E-state index >= 15 is 0 Å². The zero-order chi connectivity index (χ0) is 24.3. The number of fused-ring (bicyclic) bond motifs is 3. The van der Waals surface area contributed by atoms with Crippen molar-refractivity contribution >= 4 is 12.2 Å². The van der Waals surface area contributed by atoms with E-state index in [1.54, 1.807) is 4.90 Å². The van der Waals surface area contributed by atoms with E-state index < -0.39 is 11.7 Å². The van der Waals surface area contributed by atoms with Crippen LogP contribution in [-0.4, -0.2) is 60.1 Å². The lowest BCUT2D eigenvalue weighted by Gasteiger charge is -2.26. The summed E-state index contributed by atoms with van der Waals surface area (Å²) < 4.78 is 11.2. The van der Waals surface area contributed by atoms with Gasteiger partial charge >= 0.3 is 12.2 Å². The molecule has 0 aromatic heterocycles. The molecule has 0 radical (unpaired) electrons. The van der Waals surface area contributed by atoms with Gasteiger partial charge in [-0.05, 0) is 55.9 Å². The van der Waals surface area contributed by atoms with Gasteiger partial charge in [-0.25, -0.2) is 9.59 Å². The number of aliphatic hydroxyl groups excluding tert-OH is 1. The summed E-state index contributed by atoms with van der Waals surface area (Å²) in [6.07, 6.45) is 0.223. The summed E-state index contributed by atoms with van der Waals surface area (Å²) in [6.45, 7) is 6.59. The number of benzene rings is 2. The maximum absolute atomic E-state index is 12.7. The first-order valence-electron chi connectivity index (χ1n) is 12.0. The predicted molar refractivity (Wildman–Crippen MR) is 130 cm³/mol. The monoisotopic (exact) mass is 466 g/mol. The zero-order valence-electron chi connectivity index (χ0n) is 20.1. The first-order valence-corrected chi connectivity index (χ1v) is 12.0. The minimum atomic E-state index is -0.571. The van der Waals surface area contributed by atoms with Gasteiger partial charge in [0.25, 0.3) is 0 Å². The standard InChI is InChI=1S/C27H34N2O5/c1-27(2,3)34-26(32)29-14-12-18(16-30)24(13-15-29)28-25(31)33-17-23-21-10-6-4-8-19(21)20-9-5-7-11-22(20)23/h4-11,18,23-24,30H,12-17H2,1-3H3,(H,28,31). The molecule has 2 aromatic rings. The van der Waals surface area contributed by atoms with E-state index in [9.17, 15) is 14.7 Å². The molecular formula is C27H34N2O5. The molecule has 2 amide bonds. The Bertz CT molecular complexity index is 986. The van der Waals surface area contributed by atoms with E-state index in [2.05, 4.69) is 29.6 Å². The molecule has 0 saturated carbocycles. The van der Waals surface area contributed by atoms with Crippen LogP contribution >= 0.6 is 0 Å². The third-order valence-corrected chi connectivity index (χ3v) is 6.58. The number of hydrogen-bond donors (Lipinski definition) is 2. The van der Waals surface area contributed by atoms with E-state index in [1.807, 2.05) is 45.0 Å². The predicted octanol–water partition coefficient (Wildman–Crippen LogP) is 4.53. The summed E-state index contributed by atoms with van der Waals surface area (Å²) >= 11 is 0. The van der Waals surface area contributed by atoms with Gasteiger partial charge in [0.05, 0.1) is 0 Å². The molecule has 2 aliphatic rings. The number of aliphatic hydroxyl groups is 1.